The molecule has 1 saturated heterocycles. The van der Waals surface area contributed by atoms with Gasteiger partial charge in [0, 0.05) is 24.5 Å². The number of aliphatic hydroxyl groups excluding tert-OH is 1. The number of hydrogen-bond donors (Lipinski definition) is 2. The fourth-order valence-electron chi connectivity index (χ4n) is 2.80. The number of amides is 2. The minimum Gasteiger partial charge on any atom is -0.394 e. The minimum absolute atomic E-state index is 0.125. The molecule has 2 heterocycles. The Hall–Kier alpha value is -2.32. The van der Waals surface area contributed by atoms with Gasteiger partial charge in [0.25, 0.3) is 0 Å². The van der Waals surface area contributed by atoms with Crippen LogP contribution in [-0.2, 0) is 16.0 Å². The highest BCUT2D eigenvalue weighted by molar-refractivity contribution is 7.13. The van der Waals surface area contributed by atoms with Gasteiger partial charge in [0.2, 0.25) is 11.8 Å². The van der Waals surface area contributed by atoms with Crippen molar-refractivity contribution in [2.75, 3.05) is 18.1 Å². The maximum Gasteiger partial charge on any atom is 0.229 e. The second kappa shape index (κ2) is 7.71. The van der Waals surface area contributed by atoms with E-state index in [2.05, 4.69) is 10.3 Å². The Morgan fingerprint density at radius 3 is 2.84 bits per heavy atom. The summed E-state index contributed by atoms with van der Waals surface area (Å²) in [5.41, 5.74) is 0.813. The number of rotatable bonds is 6. The van der Waals surface area contributed by atoms with Gasteiger partial charge < -0.3 is 10.4 Å². The number of carbonyl (C=O) groups excluding carboxylic acids is 2. The van der Waals surface area contributed by atoms with Gasteiger partial charge in [-0.3, -0.25) is 14.5 Å². The summed E-state index contributed by atoms with van der Waals surface area (Å²) in [6.45, 7) is 0.0485. The SMILES string of the molecule is O=C(NC(CO)Cc1ccc(F)cc1)C1CC(=O)N(c2nccs2)C1. The second-order valence-corrected chi connectivity index (χ2v) is 6.81. The zero-order valence-electron chi connectivity index (χ0n) is 13.4. The second-order valence-electron chi connectivity index (χ2n) is 5.94. The van der Waals surface area contributed by atoms with Crippen LogP contribution in [0.25, 0.3) is 0 Å². The third kappa shape index (κ3) is 4.21. The number of aromatic nitrogens is 1. The predicted octanol–water partition coefficient (Wildman–Crippen LogP) is 1.35. The molecule has 6 nitrogen and oxygen atoms in total. The Labute approximate surface area is 148 Å². The van der Waals surface area contributed by atoms with Crippen LogP contribution in [-0.4, -0.2) is 41.1 Å². The van der Waals surface area contributed by atoms with Crippen molar-refractivity contribution in [3.63, 3.8) is 0 Å². The molecule has 1 aromatic carbocycles. The van der Waals surface area contributed by atoms with E-state index in [1.807, 2.05) is 0 Å². The number of hydrogen-bond acceptors (Lipinski definition) is 5. The number of anilines is 1. The van der Waals surface area contributed by atoms with Crippen molar-refractivity contribution in [3.05, 3.63) is 47.2 Å². The van der Waals surface area contributed by atoms with E-state index in [1.54, 1.807) is 23.7 Å². The monoisotopic (exact) mass is 363 g/mol. The maximum absolute atomic E-state index is 13.0. The summed E-state index contributed by atoms with van der Waals surface area (Å²) in [5.74, 6) is -1.21. The lowest BCUT2D eigenvalue weighted by Crippen LogP contribution is -2.43. The van der Waals surface area contributed by atoms with Crippen molar-refractivity contribution < 1.29 is 19.1 Å². The van der Waals surface area contributed by atoms with E-state index < -0.39 is 12.0 Å². The fourth-order valence-corrected chi connectivity index (χ4v) is 3.47. The zero-order valence-corrected chi connectivity index (χ0v) is 14.2. The average molecular weight is 363 g/mol. The first-order valence-electron chi connectivity index (χ1n) is 7.92. The number of carbonyl (C=O) groups is 2. The van der Waals surface area contributed by atoms with Crippen LogP contribution in [0.15, 0.2) is 35.8 Å². The van der Waals surface area contributed by atoms with E-state index in [9.17, 15) is 19.1 Å². The zero-order chi connectivity index (χ0) is 17.8. The van der Waals surface area contributed by atoms with Crippen LogP contribution >= 0.6 is 11.3 Å². The van der Waals surface area contributed by atoms with Gasteiger partial charge in [-0.05, 0) is 24.1 Å². The molecule has 0 saturated carbocycles. The summed E-state index contributed by atoms with van der Waals surface area (Å²) in [7, 11) is 0. The quantitative estimate of drug-likeness (QED) is 0.812. The normalized spacial score (nSPS) is 18.4. The summed E-state index contributed by atoms with van der Waals surface area (Å²) in [6, 6.07) is 5.43. The summed E-state index contributed by atoms with van der Waals surface area (Å²) in [5, 5.41) is 14.7. The number of halogens is 1. The van der Waals surface area contributed by atoms with Gasteiger partial charge in [0.05, 0.1) is 18.6 Å². The van der Waals surface area contributed by atoms with E-state index in [-0.39, 0.29) is 37.2 Å². The lowest BCUT2D eigenvalue weighted by atomic mass is 10.0. The third-order valence-corrected chi connectivity index (χ3v) is 4.90. The van der Waals surface area contributed by atoms with Crippen LogP contribution in [0.2, 0.25) is 0 Å². The van der Waals surface area contributed by atoms with Crippen LogP contribution in [0.4, 0.5) is 9.52 Å². The first-order chi connectivity index (χ1) is 12.1. The van der Waals surface area contributed by atoms with Gasteiger partial charge in [-0.1, -0.05) is 12.1 Å². The van der Waals surface area contributed by atoms with Crippen LogP contribution in [0.5, 0.6) is 0 Å². The molecule has 2 amide bonds. The molecule has 1 aliphatic heterocycles. The lowest BCUT2D eigenvalue weighted by molar-refractivity contribution is -0.127. The molecule has 0 spiro atoms. The largest absolute Gasteiger partial charge is 0.394 e. The highest BCUT2D eigenvalue weighted by Crippen LogP contribution is 2.26. The van der Waals surface area contributed by atoms with Crippen molar-refractivity contribution in [1.82, 2.24) is 10.3 Å². The molecule has 132 valence electrons. The third-order valence-electron chi connectivity index (χ3n) is 4.11. The Morgan fingerprint density at radius 2 is 2.20 bits per heavy atom. The predicted molar refractivity (Wildman–Crippen MR) is 91.7 cm³/mol. The van der Waals surface area contributed by atoms with Gasteiger partial charge in [0.1, 0.15) is 5.82 Å². The topological polar surface area (TPSA) is 82.5 Å². The van der Waals surface area contributed by atoms with Gasteiger partial charge in [-0.2, -0.15) is 0 Å². The average Bonchev–Trinajstić information content (AvgIpc) is 3.25. The molecule has 3 rings (SSSR count). The van der Waals surface area contributed by atoms with Gasteiger partial charge >= 0.3 is 0 Å². The van der Waals surface area contributed by atoms with Gasteiger partial charge in [-0.25, -0.2) is 9.37 Å². The molecule has 0 aliphatic carbocycles. The smallest absolute Gasteiger partial charge is 0.229 e. The van der Waals surface area contributed by atoms with E-state index in [0.717, 1.165) is 5.56 Å². The molecule has 0 radical (unpaired) electrons. The van der Waals surface area contributed by atoms with Crippen molar-refractivity contribution >= 4 is 28.3 Å². The maximum atomic E-state index is 13.0. The molecule has 1 aliphatic rings. The molecule has 2 atom stereocenters. The highest BCUT2D eigenvalue weighted by atomic mass is 32.1. The number of benzene rings is 1. The Bertz CT molecular complexity index is 736. The van der Waals surface area contributed by atoms with Crippen LogP contribution in [0.3, 0.4) is 0 Å². The lowest BCUT2D eigenvalue weighted by Gasteiger charge is -2.19. The molecule has 2 N–H and O–H groups in total. The summed E-state index contributed by atoms with van der Waals surface area (Å²) >= 11 is 1.35. The highest BCUT2D eigenvalue weighted by Gasteiger charge is 2.36. The Balaban J connectivity index is 1.59. The summed E-state index contributed by atoms with van der Waals surface area (Å²) < 4.78 is 13.0. The molecule has 25 heavy (non-hydrogen) atoms. The minimum atomic E-state index is -0.484. The van der Waals surface area contributed by atoms with Crippen molar-refractivity contribution in [3.8, 4) is 0 Å². The molecule has 8 heteroatoms. The Morgan fingerprint density at radius 1 is 1.44 bits per heavy atom. The van der Waals surface area contributed by atoms with Gasteiger partial charge in [0.15, 0.2) is 5.13 Å². The molecule has 0 bridgehead atoms. The summed E-state index contributed by atoms with van der Waals surface area (Å²) in [4.78, 5) is 30.2. The first kappa shape index (κ1) is 17.5. The number of thiazole rings is 1. The molecular weight excluding hydrogens is 345 g/mol. The Kier molecular flexibility index (Phi) is 5.40. The van der Waals surface area contributed by atoms with Gasteiger partial charge in [-0.15, -0.1) is 11.3 Å². The van der Waals surface area contributed by atoms with Crippen LogP contribution < -0.4 is 10.2 Å². The number of nitrogens with one attached hydrogen (secondary N) is 1. The van der Waals surface area contributed by atoms with Crippen molar-refractivity contribution in [2.45, 2.75) is 18.9 Å². The van der Waals surface area contributed by atoms with E-state index in [4.69, 9.17) is 0 Å². The molecular formula is C17H18FN3O3S. The molecule has 1 aromatic heterocycles. The summed E-state index contributed by atoms with van der Waals surface area (Å²) in [6.07, 6.45) is 2.13. The van der Waals surface area contributed by atoms with Crippen molar-refractivity contribution in [2.24, 2.45) is 5.92 Å². The fraction of sp³-hybridized carbons (Fsp3) is 0.353. The van der Waals surface area contributed by atoms with Crippen LogP contribution in [0.1, 0.15) is 12.0 Å². The van der Waals surface area contributed by atoms with E-state index in [0.29, 0.717) is 11.6 Å². The molecule has 2 aromatic rings. The molecule has 1 fully saturated rings. The van der Waals surface area contributed by atoms with Crippen LogP contribution in [0, 0.1) is 11.7 Å². The molecule has 2 unspecified atom stereocenters. The number of nitrogens with zero attached hydrogens (tertiary/aromatic N) is 2. The van der Waals surface area contributed by atoms with Crippen molar-refractivity contribution in [1.29, 1.82) is 0 Å². The van der Waals surface area contributed by atoms with E-state index in [1.165, 1.54) is 28.4 Å². The van der Waals surface area contributed by atoms with E-state index >= 15 is 0 Å². The standard InChI is InChI=1S/C17H18FN3O3S/c18-13-3-1-11(2-4-13)7-14(10-22)20-16(24)12-8-15(23)21(9-12)17-19-5-6-25-17/h1-6,12,14,22H,7-10H2,(H,20,24). The first-order valence-corrected chi connectivity index (χ1v) is 8.80. The number of aliphatic hydroxyl groups is 1.